The van der Waals surface area contributed by atoms with E-state index in [0.717, 1.165) is 17.7 Å². The number of benzene rings is 1. The summed E-state index contributed by atoms with van der Waals surface area (Å²) in [6.07, 6.45) is 1.96. The fourth-order valence-corrected chi connectivity index (χ4v) is 2.31. The first kappa shape index (κ1) is 13.4. The minimum absolute atomic E-state index is 0.0518. The van der Waals surface area contributed by atoms with Crippen LogP contribution in [0.1, 0.15) is 12.8 Å². The zero-order valence-corrected chi connectivity index (χ0v) is 10.8. The monoisotopic (exact) mass is 269 g/mol. The molecule has 3 nitrogen and oxygen atoms in total. The molecule has 1 saturated carbocycles. The number of hydrogen-bond acceptors (Lipinski definition) is 3. The lowest BCUT2D eigenvalue weighted by Crippen LogP contribution is -2.32. The van der Waals surface area contributed by atoms with Crippen LogP contribution in [0, 0.1) is 11.2 Å². The lowest BCUT2D eigenvalue weighted by atomic mass is 10.1. The van der Waals surface area contributed by atoms with Crippen molar-refractivity contribution in [1.29, 1.82) is 0 Å². The van der Waals surface area contributed by atoms with E-state index in [1.807, 2.05) is 0 Å². The van der Waals surface area contributed by atoms with Gasteiger partial charge < -0.3 is 10.4 Å². The van der Waals surface area contributed by atoms with E-state index in [0.29, 0.717) is 12.3 Å². The summed E-state index contributed by atoms with van der Waals surface area (Å²) in [5.74, 6) is -0.0147. The molecule has 2 N–H and O–H groups in total. The molecule has 0 saturated heterocycles. The molecule has 1 amide bonds. The number of halogens is 1. The van der Waals surface area contributed by atoms with Crippen molar-refractivity contribution < 1.29 is 14.3 Å². The van der Waals surface area contributed by atoms with Crippen molar-refractivity contribution in [3.63, 3.8) is 0 Å². The molecule has 1 aromatic rings. The van der Waals surface area contributed by atoms with Gasteiger partial charge in [-0.2, -0.15) is 0 Å². The number of carbonyl (C=O) groups excluding carboxylic acids is 1. The van der Waals surface area contributed by atoms with Crippen molar-refractivity contribution in [2.24, 2.45) is 5.41 Å². The van der Waals surface area contributed by atoms with Crippen molar-refractivity contribution in [3.8, 4) is 0 Å². The van der Waals surface area contributed by atoms with Crippen molar-refractivity contribution >= 4 is 17.7 Å². The van der Waals surface area contributed by atoms with Gasteiger partial charge in [-0.15, -0.1) is 11.8 Å². The molecule has 0 heterocycles. The molecule has 1 aliphatic rings. The molecule has 1 aliphatic carbocycles. The predicted octanol–water partition coefficient (Wildman–Crippen LogP) is 1.81. The maximum Gasteiger partial charge on any atom is 0.230 e. The van der Waals surface area contributed by atoms with Crippen LogP contribution in [0.5, 0.6) is 0 Å². The molecular weight excluding hydrogens is 253 g/mol. The summed E-state index contributed by atoms with van der Waals surface area (Å²) >= 11 is 1.37. The Morgan fingerprint density at radius 3 is 2.61 bits per heavy atom. The van der Waals surface area contributed by atoms with Crippen LogP contribution < -0.4 is 5.32 Å². The summed E-state index contributed by atoms with van der Waals surface area (Å²) in [4.78, 5) is 12.5. The molecule has 0 aromatic heterocycles. The van der Waals surface area contributed by atoms with E-state index in [1.165, 1.54) is 23.9 Å². The van der Waals surface area contributed by atoms with E-state index >= 15 is 0 Å². The topological polar surface area (TPSA) is 49.3 Å². The number of carbonyl (C=O) groups is 1. The van der Waals surface area contributed by atoms with E-state index < -0.39 is 0 Å². The maximum atomic E-state index is 12.7. The number of rotatable bonds is 6. The number of hydrogen-bond donors (Lipinski definition) is 2. The SMILES string of the molecule is O=C(CSc1ccc(F)cc1)NCC1(CO)CC1. The minimum Gasteiger partial charge on any atom is -0.396 e. The Hall–Kier alpha value is -1.07. The molecule has 0 aliphatic heterocycles. The molecule has 98 valence electrons. The van der Waals surface area contributed by atoms with Gasteiger partial charge in [-0.3, -0.25) is 4.79 Å². The van der Waals surface area contributed by atoms with Crippen LogP contribution in [-0.4, -0.2) is 29.9 Å². The Balaban J connectivity index is 1.70. The van der Waals surface area contributed by atoms with Crippen molar-refractivity contribution in [3.05, 3.63) is 30.1 Å². The van der Waals surface area contributed by atoms with Crippen molar-refractivity contribution in [2.75, 3.05) is 18.9 Å². The van der Waals surface area contributed by atoms with Gasteiger partial charge in [0.15, 0.2) is 0 Å². The highest BCUT2D eigenvalue weighted by Gasteiger charge is 2.41. The highest BCUT2D eigenvalue weighted by molar-refractivity contribution is 8.00. The molecule has 1 aromatic carbocycles. The van der Waals surface area contributed by atoms with Crippen LogP contribution in [0.2, 0.25) is 0 Å². The third-order valence-electron chi connectivity index (χ3n) is 3.14. The average molecular weight is 269 g/mol. The summed E-state index contributed by atoms with van der Waals surface area (Å²) in [6.45, 7) is 0.685. The van der Waals surface area contributed by atoms with Crippen LogP contribution in [-0.2, 0) is 4.79 Å². The molecule has 5 heteroatoms. The second-order valence-electron chi connectivity index (χ2n) is 4.68. The zero-order valence-electron chi connectivity index (χ0n) is 9.99. The largest absolute Gasteiger partial charge is 0.396 e. The highest BCUT2D eigenvalue weighted by atomic mass is 32.2. The first-order chi connectivity index (χ1) is 8.63. The number of amides is 1. The Kier molecular flexibility index (Phi) is 4.24. The second-order valence-corrected chi connectivity index (χ2v) is 5.73. The van der Waals surface area contributed by atoms with Gasteiger partial charge in [-0.25, -0.2) is 4.39 Å². The number of aliphatic hydroxyl groups excluding tert-OH is 1. The van der Waals surface area contributed by atoms with Gasteiger partial charge in [0.2, 0.25) is 5.91 Å². The summed E-state index contributed by atoms with van der Waals surface area (Å²) in [5.41, 5.74) is -0.0593. The van der Waals surface area contributed by atoms with Crippen LogP contribution in [0.25, 0.3) is 0 Å². The summed E-state index contributed by atoms with van der Waals surface area (Å²) < 4.78 is 12.7. The maximum absolute atomic E-state index is 12.7. The van der Waals surface area contributed by atoms with Gasteiger partial charge in [-0.05, 0) is 37.1 Å². The Bertz CT molecular complexity index is 418. The van der Waals surface area contributed by atoms with Gasteiger partial charge in [0.05, 0.1) is 12.4 Å². The molecule has 1 fully saturated rings. The van der Waals surface area contributed by atoms with E-state index in [2.05, 4.69) is 5.32 Å². The summed E-state index contributed by atoms with van der Waals surface area (Å²) in [5, 5.41) is 11.9. The molecule has 0 bridgehead atoms. The Morgan fingerprint density at radius 2 is 2.06 bits per heavy atom. The number of aliphatic hydroxyl groups is 1. The molecule has 18 heavy (non-hydrogen) atoms. The highest BCUT2D eigenvalue weighted by Crippen LogP contribution is 2.44. The lowest BCUT2D eigenvalue weighted by Gasteiger charge is -2.12. The van der Waals surface area contributed by atoms with Gasteiger partial charge in [0, 0.05) is 16.9 Å². The fourth-order valence-electron chi connectivity index (χ4n) is 1.58. The van der Waals surface area contributed by atoms with Gasteiger partial charge >= 0.3 is 0 Å². The summed E-state index contributed by atoms with van der Waals surface area (Å²) in [7, 11) is 0. The van der Waals surface area contributed by atoms with Crippen LogP contribution in [0.15, 0.2) is 29.2 Å². The Labute approximate surface area is 110 Å². The number of thioether (sulfide) groups is 1. The van der Waals surface area contributed by atoms with Gasteiger partial charge in [0.25, 0.3) is 0 Å². The third-order valence-corrected chi connectivity index (χ3v) is 4.15. The zero-order chi connectivity index (χ0) is 13.0. The molecular formula is C13H16FNO2S. The predicted molar refractivity (Wildman–Crippen MR) is 68.9 cm³/mol. The standard InChI is InChI=1S/C13H16FNO2S/c14-10-1-3-11(4-2-10)18-7-12(17)15-8-13(9-16)5-6-13/h1-4,16H,5-9H2,(H,15,17). The molecule has 0 radical (unpaired) electrons. The quantitative estimate of drug-likeness (QED) is 0.774. The van der Waals surface area contributed by atoms with E-state index in [4.69, 9.17) is 5.11 Å². The number of nitrogens with one attached hydrogen (secondary N) is 1. The summed E-state index contributed by atoms with van der Waals surface area (Å²) in [6, 6.07) is 6.07. The van der Waals surface area contributed by atoms with Crippen molar-refractivity contribution in [2.45, 2.75) is 17.7 Å². The van der Waals surface area contributed by atoms with Crippen LogP contribution >= 0.6 is 11.8 Å². The molecule has 0 unspecified atom stereocenters. The lowest BCUT2D eigenvalue weighted by molar-refractivity contribution is -0.118. The normalized spacial score (nSPS) is 16.3. The van der Waals surface area contributed by atoms with Gasteiger partial charge in [0.1, 0.15) is 5.82 Å². The third kappa shape index (κ3) is 3.71. The van der Waals surface area contributed by atoms with E-state index in [-0.39, 0.29) is 23.7 Å². The smallest absolute Gasteiger partial charge is 0.230 e. The van der Waals surface area contributed by atoms with Crippen molar-refractivity contribution in [1.82, 2.24) is 5.32 Å². The molecule has 0 atom stereocenters. The second kappa shape index (κ2) is 5.71. The molecule has 0 spiro atoms. The molecule has 2 rings (SSSR count). The van der Waals surface area contributed by atoms with E-state index in [9.17, 15) is 9.18 Å². The van der Waals surface area contributed by atoms with Gasteiger partial charge in [-0.1, -0.05) is 0 Å². The first-order valence-electron chi connectivity index (χ1n) is 5.89. The van der Waals surface area contributed by atoms with Crippen LogP contribution in [0.3, 0.4) is 0 Å². The Morgan fingerprint density at radius 1 is 1.39 bits per heavy atom. The van der Waals surface area contributed by atoms with Crippen LogP contribution in [0.4, 0.5) is 4.39 Å². The van der Waals surface area contributed by atoms with E-state index in [1.54, 1.807) is 12.1 Å². The average Bonchev–Trinajstić information content (AvgIpc) is 3.16. The fraction of sp³-hybridized carbons (Fsp3) is 0.462. The minimum atomic E-state index is -0.276. The first-order valence-corrected chi connectivity index (χ1v) is 6.88.